The van der Waals surface area contributed by atoms with Gasteiger partial charge in [-0.3, -0.25) is 4.79 Å². The van der Waals surface area contributed by atoms with Crippen molar-refractivity contribution in [2.24, 2.45) is 0 Å². The van der Waals surface area contributed by atoms with E-state index in [1.54, 1.807) is 24.3 Å². The monoisotopic (exact) mass is 251 g/mol. The third kappa shape index (κ3) is 3.20. The van der Waals surface area contributed by atoms with Crippen LogP contribution in [0.1, 0.15) is 21.5 Å². The van der Waals surface area contributed by atoms with Gasteiger partial charge >= 0.3 is 0 Å². The molecule has 0 saturated heterocycles. The van der Waals surface area contributed by atoms with Crippen LogP contribution in [0.5, 0.6) is 5.75 Å². The van der Waals surface area contributed by atoms with Crippen LogP contribution in [0.2, 0.25) is 0 Å². The van der Waals surface area contributed by atoms with Gasteiger partial charge in [0, 0.05) is 5.56 Å². The lowest BCUT2D eigenvalue weighted by Crippen LogP contribution is -2.12. The molecule has 3 heteroatoms. The smallest absolute Gasteiger partial charge is 0.200 e. The van der Waals surface area contributed by atoms with E-state index in [0.29, 0.717) is 16.9 Å². The molecular weight excluding hydrogens is 238 g/mol. The highest BCUT2D eigenvalue weighted by atomic mass is 16.5. The molecule has 2 rings (SSSR count). The molecule has 3 nitrogen and oxygen atoms in total. The van der Waals surface area contributed by atoms with Gasteiger partial charge in [0.15, 0.2) is 12.4 Å². The first-order chi connectivity index (χ1) is 9.20. The molecule has 0 spiro atoms. The Morgan fingerprint density at radius 2 is 1.84 bits per heavy atom. The molecule has 2 aromatic rings. The summed E-state index contributed by atoms with van der Waals surface area (Å²) < 4.78 is 5.49. The molecule has 0 amide bonds. The molecule has 0 radical (unpaired) electrons. The summed E-state index contributed by atoms with van der Waals surface area (Å²) >= 11 is 0. The van der Waals surface area contributed by atoms with Gasteiger partial charge in [0.05, 0.1) is 11.6 Å². The zero-order valence-electron chi connectivity index (χ0n) is 10.6. The average Bonchev–Trinajstić information content (AvgIpc) is 2.46. The quantitative estimate of drug-likeness (QED) is 0.784. The summed E-state index contributed by atoms with van der Waals surface area (Å²) in [6.45, 7) is 1.93. The molecule has 0 saturated carbocycles. The largest absolute Gasteiger partial charge is 0.485 e. The highest BCUT2D eigenvalue weighted by molar-refractivity contribution is 5.97. The Morgan fingerprint density at radius 3 is 2.47 bits per heavy atom. The number of rotatable bonds is 4. The molecular formula is C16H13NO2. The van der Waals surface area contributed by atoms with Crippen molar-refractivity contribution in [3.05, 3.63) is 65.2 Å². The Bertz CT molecular complexity index is 624. The number of carbonyl (C=O) groups excluding carboxylic acids is 1. The van der Waals surface area contributed by atoms with Crippen molar-refractivity contribution in [2.45, 2.75) is 6.92 Å². The fraction of sp³-hybridized carbons (Fsp3) is 0.125. The average molecular weight is 251 g/mol. The minimum Gasteiger partial charge on any atom is -0.485 e. The molecule has 0 heterocycles. The third-order valence-corrected chi connectivity index (χ3v) is 2.79. The van der Waals surface area contributed by atoms with E-state index in [-0.39, 0.29) is 12.4 Å². The lowest BCUT2D eigenvalue weighted by atomic mass is 10.1. The summed E-state index contributed by atoms with van der Waals surface area (Å²) in [7, 11) is 0. The number of benzene rings is 2. The highest BCUT2D eigenvalue weighted by Crippen LogP contribution is 2.16. The number of para-hydroxylation sites is 1. The fourth-order valence-corrected chi connectivity index (χ4v) is 1.68. The van der Waals surface area contributed by atoms with Gasteiger partial charge in [0.1, 0.15) is 5.75 Å². The topological polar surface area (TPSA) is 50.1 Å². The van der Waals surface area contributed by atoms with Crippen LogP contribution in [0.3, 0.4) is 0 Å². The van der Waals surface area contributed by atoms with Crippen LogP contribution in [-0.4, -0.2) is 12.4 Å². The van der Waals surface area contributed by atoms with Crippen molar-refractivity contribution in [1.82, 2.24) is 0 Å². The second-order valence-electron chi connectivity index (χ2n) is 4.17. The lowest BCUT2D eigenvalue weighted by molar-refractivity contribution is 0.0921. The molecule has 0 aromatic heterocycles. The number of nitriles is 1. The van der Waals surface area contributed by atoms with Crippen LogP contribution in [0.4, 0.5) is 0 Å². The first-order valence-corrected chi connectivity index (χ1v) is 5.92. The maximum absolute atomic E-state index is 11.9. The summed E-state index contributed by atoms with van der Waals surface area (Å²) in [5.41, 5.74) is 2.08. The SMILES string of the molecule is Cc1ccccc1OCC(=O)c1ccc(C#N)cc1. The predicted octanol–water partition coefficient (Wildman–Crippen LogP) is 3.13. The minimum atomic E-state index is -0.104. The van der Waals surface area contributed by atoms with Crippen LogP contribution in [0.15, 0.2) is 48.5 Å². The van der Waals surface area contributed by atoms with E-state index in [1.807, 2.05) is 37.3 Å². The van der Waals surface area contributed by atoms with E-state index in [1.165, 1.54) is 0 Å². The number of carbonyl (C=O) groups is 1. The predicted molar refractivity (Wildman–Crippen MR) is 72.2 cm³/mol. The number of hydrogen-bond acceptors (Lipinski definition) is 3. The van der Waals surface area contributed by atoms with Gasteiger partial charge in [-0.2, -0.15) is 5.26 Å². The normalized spacial score (nSPS) is 9.68. The second-order valence-corrected chi connectivity index (χ2v) is 4.17. The zero-order chi connectivity index (χ0) is 13.7. The van der Waals surface area contributed by atoms with E-state index in [9.17, 15) is 4.79 Å². The number of nitrogens with zero attached hydrogens (tertiary/aromatic N) is 1. The molecule has 19 heavy (non-hydrogen) atoms. The van der Waals surface area contributed by atoms with Crippen LogP contribution >= 0.6 is 0 Å². The summed E-state index contributed by atoms with van der Waals surface area (Å²) in [6, 6.07) is 16.1. The van der Waals surface area contributed by atoms with Gasteiger partial charge in [-0.1, -0.05) is 18.2 Å². The Balaban J connectivity index is 2.02. The molecule has 2 aromatic carbocycles. The van der Waals surface area contributed by atoms with E-state index >= 15 is 0 Å². The summed E-state index contributed by atoms with van der Waals surface area (Å²) in [6.07, 6.45) is 0. The summed E-state index contributed by atoms with van der Waals surface area (Å²) in [4.78, 5) is 11.9. The summed E-state index contributed by atoms with van der Waals surface area (Å²) in [5.74, 6) is 0.609. The number of aryl methyl sites for hydroxylation is 1. The summed E-state index contributed by atoms with van der Waals surface area (Å²) in [5, 5.41) is 8.69. The van der Waals surface area contributed by atoms with Crippen molar-refractivity contribution in [3.8, 4) is 11.8 Å². The van der Waals surface area contributed by atoms with Crippen molar-refractivity contribution < 1.29 is 9.53 Å². The van der Waals surface area contributed by atoms with Crippen molar-refractivity contribution in [3.63, 3.8) is 0 Å². The van der Waals surface area contributed by atoms with E-state index in [4.69, 9.17) is 10.00 Å². The van der Waals surface area contributed by atoms with Gasteiger partial charge in [0.25, 0.3) is 0 Å². The maximum atomic E-state index is 11.9. The lowest BCUT2D eigenvalue weighted by Gasteiger charge is -2.08. The Hall–Kier alpha value is -2.60. The van der Waals surface area contributed by atoms with Crippen molar-refractivity contribution in [2.75, 3.05) is 6.61 Å². The Morgan fingerprint density at radius 1 is 1.16 bits per heavy atom. The van der Waals surface area contributed by atoms with Crippen molar-refractivity contribution >= 4 is 5.78 Å². The second kappa shape index (κ2) is 5.83. The molecule has 0 atom stereocenters. The number of hydrogen-bond donors (Lipinski definition) is 0. The molecule has 0 aliphatic carbocycles. The van der Waals surface area contributed by atoms with E-state index in [0.717, 1.165) is 5.56 Å². The first kappa shape index (κ1) is 12.8. The van der Waals surface area contributed by atoms with E-state index in [2.05, 4.69) is 0 Å². The number of ether oxygens (including phenoxy) is 1. The van der Waals surface area contributed by atoms with Gasteiger partial charge in [-0.25, -0.2) is 0 Å². The molecule has 0 aliphatic heterocycles. The Labute approximate surface area is 112 Å². The molecule has 0 bridgehead atoms. The van der Waals surface area contributed by atoms with Crippen LogP contribution < -0.4 is 4.74 Å². The van der Waals surface area contributed by atoms with Gasteiger partial charge in [0.2, 0.25) is 0 Å². The van der Waals surface area contributed by atoms with Gasteiger partial charge < -0.3 is 4.74 Å². The minimum absolute atomic E-state index is 0.00322. The molecule has 94 valence electrons. The maximum Gasteiger partial charge on any atom is 0.200 e. The molecule has 0 unspecified atom stereocenters. The van der Waals surface area contributed by atoms with Crippen molar-refractivity contribution in [1.29, 1.82) is 5.26 Å². The van der Waals surface area contributed by atoms with Crippen LogP contribution in [0.25, 0.3) is 0 Å². The number of Topliss-reactive ketones (excluding diaryl/α,β-unsaturated/α-hetero) is 1. The van der Waals surface area contributed by atoms with E-state index < -0.39 is 0 Å². The highest BCUT2D eigenvalue weighted by Gasteiger charge is 2.07. The third-order valence-electron chi connectivity index (χ3n) is 2.79. The molecule has 0 fully saturated rings. The molecule has 0 N–H and O–H groups in total. The number of ketones is 1. The first-order valence-electron chi connectivity index (χ1n) is 5.92. The van der Waals surface area contributed by atoms with Crippen LogP contribution in [-0.2, 0) is 0 Å². The molecule has 0 aliphatic rings. The van der Waals surface area contributed by atoms with Gasteiger partial charge in [-0.05, 0) is 42.8 Å². The fourth-order valence-electron chi connectivity index (χ4n) is 1.68. The standard InChI is InChI=1S/C16H13NO2/c1-12-4-2-3-5-16(12)19-11-15(18)14-8-6-13(10-17)7-9-14/h2-9H,11H2,1H3. The van der Waals surface area contributed by atoms with Crippen LogP contribution in [0, 0.1) is 18.3 Å². The Kier molecular flexibility index (Phi) is 3.94. The zero-order valence-corrected chi connectivity index (χ0v) is 10.6. The van der Waals surface area contributed by atoms with Gasteiger partial charge in [-0.15, -0.1) is 0 Å².